The minimum atomic E-state index is -0.439. The van der Waals surface area contributed by atoms with Gasteiger partial charge in [0.2, 0.25) is 5.91 Å². The first-order valence-corrected chi connectivity index (χ1v) is 9.13. The van der Waals surface area contributed by atoms with Crippen molar-refractivity contribution in [3.63, 3.8) is 0 Å². The van der Waals surface area contributed by atoms with Gasteiger partial charge in [-0.05, 0) is 47.5 Å². The van der Waals surface area contributed by atoms with Gasteiger partial charge in [-0.3, -0.25) is 14.8 Å². The normalized spacial score (nSPS) is 13.7. The topological polar surface area (TPSA) is 71.1 Å². The second-order valence-corrected chi connectivity index (χ2v) is 6.55. The number of amides is 1. The Balaban J connectivity index is 1.44. The third-order valence-corrected chi connectivity index (χ3v) is 4.61. The van der Waals surface area contributed by atoms with E-state index in [-0.39, 0.29) is 0 Å². The lowest BCUT2D eigenvalue weighted by Gasteiger charge is -2.13. The molecular weight excluding hydrogens is 348 g/mol. The Morgan fingerprint density at radius 3 is 2.36 bits per heavy atom. The lowest BCUT2D eigenvalue weighted by atomic mass is 10.1. The van der Waals surface area contributed by atoms with E-state index in [0.717, 1.165) is 35.6 Å². The molecule has 4 rings (SSSR count). The fraction of sp³-hybridized carbons (Fsp3) is 0.0870. The van der Waals surface area contributed by atoms with E-state index < -0.39 is 5.91 Å². The second kappa shape index (κ2) is 7.88. The smallest absolute Gasteiger partial charge is 0.248 e. The number of aliphatic imine (C=N–C) groups is 1. The molecule has 1 aliphatic rings. The molecule has 0 aromatic heterocycles. The van der Waals surface area contributed by atoms with Gasteiger partial charge in [-0.25, -0.2) is 0 Å². The van der Waals surface area contributed by atoms with Crippen LogP contribution in [0.2, 0.25) is 0 Å². The van der Waals surface area contributed by atoms with Crippen molar-refractivity contribution in [1.82, 2.24) is 0 Å². The van der Waals surface area contributed by atoms with E-state index in [0.29, 0.717) is 5.56 Å². The van der Waals surface area contributed by atoms with Crippen LogP contribution in [0.1, 0.15) is 27.9 Å². The summed E-state index contributed by atoms with van der Waals surface area (Å²) in [6.07, 6.45) is 2.74. The van der Waals surface area contributed by atoms with Crippen molar-refractivity contribution >= 4 is 29.2 Å². The molecule has 0 bridgehead atoms. The molecule has 0 radical (unpaired) electrons. The first-order valence-electron chi connectivity index (χ1n) is 9.13. The molecule has 0 unspecified atom stereocenters. The van der Waals surface area contributed by atoms with E-state index in [2.05, 4.69) is 29.3 Å². The van der Waals surface area contributed by atoms with Crippen molar-refractivity contribution < 1.29 is 4.79 Å². The fourth-order valence-electron chi connectivity index (χ4n) is 3.07. The molecule has 28 heavy (non-hydrogen) atoms. The monoisotopic (exact) mass is 368 g/mol. The van der Waals surface area contributed by atoms with Gasteiger partial charge >= 0.3 is 0 Å². The van der Waals surface area contributed by atoms with Crippen molar-refractivity contribution in [2.24, 2.45) is 15.8 Å². The molecule has 5 heteroatoms. The number of carbonyl (C=O) groups excluding carboxylic acids is 1. The van der Waals surface area contributed by atoms with Crippen LogP contribution in [0.4, 0.5) is 11.4 Å². The molecule has 5 nitrogen and oxygen atoms in total. The molecule has 0 spiro atoms. The van der Waals surface area contributed by atoms with Crippen LogP contribution < -0.4 is 10.7 Å². The van der Waals surface area contributed by atoms with E-state index in [1.54, 1.807) is 30.5 Å². The number of carbonyl (C=O) groups is 1. The van der Waals surface area contributed by atoms with E-state index in [1.807, 2.05) is 35.3 Å². The molecule has 1 aliphatic heterocycles. The van der Waals surface area contributed by atoms with Crippen molar-refractivity contribution in [3.05, 3.63) is 95.6 Å². The molecule has 0 atom stereocenters. The van der Waals surface area contributed by atoms with Gasteiger partial charge in [0.15, 0.2) is 0 Å². The van der Waals surface area contributed by atoms with Gasteiger partial charge in [0.25, 0.3) is 0 Å². The summed E-state index contributed by atoms with van der Waals surface area (Å²) in [7, 11) is 0. The van der Waals surface area contributed by atoms with E-state index in [1.165, 1.54) is 5.56 Å². The maximum atomic E-state index is 11.1. The number of hydrogen-bond donors (Lipinski definition) is 1. The Labute approximate surface area is 163 Å². The van der Waals surface area contributed by atoms with Gasteiger partial charge in [0.05, 0.1) is 17.1 Å². The van der Waals surface area contributed by atoms with Crippen LogP contribution in [0.15, 0.2) is 89.0 Å². The zero-order chi connectivity index (χ0) is 19.3. The maximum absolute atomic E-state index is 11.1. The summed E-state index contributed by atoms with van der Waals surface area (Å²) < 4.78 is 0. The lowest BCUT2D eigenvalue weighted by Crippen LogP contribution is -2.11. The fourth-order valence-corrected chi connectivity index (χ4v) is 3.07. The number of benzene rings is 3. The summed E-state index contributed by atoms with van der Waals surface area (Å²) in [5, 5.41) is 6.79. The Bertz CT molecular complexity index is 1020. The zero-order valence-corrected chi connectivity index (χ0v) is 15.3. The van der Waals surface area contributed by atoms with Crippen LogP contribution >= 0.6 is 0 Å². The number of rotatable bonds is 5. The molecule has 0 fully saturated rings. The third-order valence-electron chi connectivity index (χ3n) is 4.61. The number of nitrogens with two attached hydrogens (primary N) is 1. The molecule has 3 aromatic carbocycles. The predicted molar refractivity (Wildman–Crippen MR) is 114 cm³/mol. The van der Waals surface area contributed by atoms with Crippen LogP contribution in [0.3, 0.4) is 0 Å². The van der Waals surface area contributed by atoms with Gasteiger partial charge < -0.3 is 5.73 Å². The van der Waals surface area contributed by atoms with Crippen molar-refractivity contribution in [2.75, 3.05) is 11.6 Å². The maximum Gasteiger partial charge on any atom is 0.248 e. The molecule has 2 N–H and O–H groups in total. The van der Waals surface area contributed by atoms with Gasteiger partial charge in [-0.1, -0.05) is 42.5 Å². The Morgan fingerprint density at radius 2 is 1.68 bits per heavy atom. The molecular formula is C23H20N4O. The van der Waals surface area contributed by atoms with Gasteiger partial charge in [0.1, 0.15) is 0 Å². The molecule has 0 saturated carbocycles. The Kier molecular flexibility index (Phi) is 4.97. The van der Waals surface area contributed by atoms with Gasteiger partial charge in [-0.15, -0.1) is 0 Å². The molecule has 0 saturated heterocycles. The molecule has 138 valence electrons. The number of anilines is 1. The summed E-state index contributed by atoms with van der Waals surface area (Å²) in [4.78, 5) is 15.5. The number of nitrogens with zero attached hydrogens (tertiary/aromatic N) is 3. The predicted octanol–water partition coefficient (Wildman–Crippen LogP) is 4.15. The first kappa shape index (κ1) is 17.7. The highest BCUT2D eigenvalue weighted by molar-refractivity contribution is 6.02. The Morgan fingerprint density at radius 1 is 0.964 bits per heavy atom. The average molecular weight is 368 g/mol. The summed E-state index contributed by atoms with van der Waals surface area (Å²) in [6, 6.07) is 25.3. The largest absolute Gasteiger partial charge is 0.366 e. The molecule has 1 heterocycles. The van der Waals surface area contributed by atoms with Crippen LogP contribution in [0.5, 0.6) is 0 Å². The van der Waals surface area contributed by atoms with Crippen molar-refractivity contribution in [1.29, 1.82) is 0 Å². The van der Waals surface area contributed by atoms with Crippen molar-refractivity contribution in [3.8, 4) is 0 Å². The minimum absolute atomic E-state index is 0.439. The minimum Gasteiger partial charge on any atom is -0.366 e. The summed E-state index contributed by atoms with van der Waals surface area (Å²) >= 11 is 0. The molecule has 0 aliphatic carbocycles. The number of hydrazone groups is 1. The SMILES string of the molecule is NC(=O)c1ccc(N=Cc2ccc(N3CCC(c4ccccc4)=N3)cc2)cc1. The molecule has 1 amide bonds. The zero-order valence-electron chi connectivity index (χ0n) is 15.3. The van der Waals surface area contributed by atoms with E-state index in [4.69, 9.17) is 10.8 Å². The van der Waals surface area contributed by atoms with Crippen LogP contribution in [-0.2, 0) is 0 Å². The second-order valence-electron chi connectivity index (χ2n) is 6.55. The first-order chi connectivity index (χ1) is 13.7. The number of primary amides is 1. The highest BCUT2D eigenvalue weighted by atomic mass is 16.1. The summed E-state index contributed by atoms with van der Waals surface area (Å²) in [5.74, 6) is -0.439. The average Bonchev–Trinajstić information content (AvgIpc) is 3.24. The third kappa shape index (κ3) is 3.99. The van der Waals surface area contributed by atoms with Gasteiger partial charge in [-0.2, -0.15) is 5.10 Å². The summed E-state index contributed by atoms with van der Waals surface area (Å²) in [5.41, 5.74) is 10.8. The highest BCUT2D eigenvalue weighted by Crippen LogP contribution is 2.22. The van der Waals surface area contributed by atoms with E-state index >= 15 is 0 Å². The standard InChI is InChI=1S/C23H20N4O/c24-23(28)19-8-10-20(11-9-19)25-16-17-6-12-21(13-7-17)27-15-14-22(26-27)18-4-2-1-3-5-18/h1-13,16H,14-15H2,(H2,24,28). The molecule has 3 aromatic rings. The quantitative estimate of drug-likeness (QED) is 0.687. The Hall–Kier alpha value is -3.73. The lowest BCUT2D eigenvalue weighted by molar-refractivity contribution is 0.100. The van der Waals surface area contributed by atoms with Crippen LogP contribution in [0.25, 0.3) is 0 Å². The van der Waals surface area contributed by atoms with Crippen molar-refractivity contribution in [2.45, 2.75) is 6.42 Å². The number of hydrogen-bond acceptors (Lipinski definition) is 4. The summed E-state index contributed by atoms with van der Waals surface area (Å²) in [6.45, 7) is 0.879. The van der Waals surface area contributed by atoms with Crippen LogP contribution in [0, 0.1) is 0 Å². The van der Waals surface area contributed by atoms with Crippen LogP contribution in [-0.4, -0.2) is 24.4 Å². The van der Waals surface area contributed by atoms with E-state index in [9.17, 15) is 4.79 Å². The highest BCUT2D eigenvalue weighted by Gasteiger charge is 2.16. The van der Waals surface area contributed by atoms with Gasteiger partial charge in [0, 0.05) is 24.7 Å².